The summed E-state index contributed by atoms with van der Waals surface area (Å²) >= 11 is 0. The molecular formula is HBaClO4S. The first-order chi connectivity index (χ1) is 2.00. The molecule has 1 N–H and O–H groups in total. The molecule has 40 valence electrons. The molecule has 0 aromatic carbocycles. The Labute approximate surface area is 87.7 Å². The summed E-state index contributed by atoms with van der Waals surface area (Å²) in [4.78, 5) is 0. The summed E-state index contributed by atoms with van der Waals surface area (Å²) in [6.45, 7) is 0. The fraction of sp³-hybridized carbons (Fsp3) is 0. The largest absolute Gasteiger partial charge is 2.00 e. The standard InChI is InChI=1S/Ba.ClH.H2O4S/c;;1-5(2,3)4/h;1H;(H2,1,2,3,4)/q+2;;/p-2. The topological polar surface area (TPSA) is 77.4 Å². The molecule has 0 aliphatic heterocycles. The van der Waals surface area contributed by atoms with Gasteiger partial charge in [0.05, 0.1) is 0 Å². The van der Waals surface area contributed by atoms with Crippen molar-refractivity contribution in [1.29, 1.82) is 0 Å². The van der Waals surface area contributed by atoms with Crippen LogP contribution in [0.25, 0.3) is 0 Å². The third kappa shape index (κ3) is 84.7. The zero-order valence-corrected chi connectivity index (χ0v) is 9.18. The van der Waals surface area contributed by atoms with Gasteiger partial charge >= 0.3 is 48.9 Å². The van der Waals surface area contributed by atoms with Gasteiger partial charge in [0.15, 0.2) is 0 Å². The number of halogens is 1. The summed E-state index contributed by atoms with van der Waals surface area (Å²) in [7, 11) is -4.92. The summed E-state index contributed by atoms with van der Waals surface area (Å²) in [5.41, 5.74) is 0. The van der Waals surface area contributed by atoms with E-state index < -0.39 is 10.4 Å². The summed E-state index contributed by atoms with van der Waals surface area (Å²) in [6, 6.07) is 0. The van der Waals surface area contributed by atoms with E-state index in [1.54, 1.807) is 0 Å². The monoisotopic (exact) mass is 270 g/mol. The average Bonchev–Trinajstić information content (AvgIpc) is 0.722. The molecule has 7 heavy (non-hydrogen) atoms. The molecule has 0 rings (SSSR count). The third-order valence-electron chi connectivity index (χ3n) is 0. The minimum absolute atomic E-state index is 0. The van der Waals surface area contributed by atoms with Gasteiger partial charge in [0.1, 0.15) is 0 Å². The van der Waals surface area contributed by atoms with Gasteiger partial charge in [0.2, 0.25) is 10.4 Å². The Balaban J connectivity index is -0.0000000800. The molecule has 0 atom stereocenters. The maximum Gasteiger partial charge on any atom is 2.00 e. The Bertz CT molecular complexity index is 94.9. The summed E-state index contributed by atoms with van der Waals surface area (Å²) in [5, 5.41) is 0. The Hall–Kier alpha value is 1.73. The van der Waals surface area contributed by atoms with Crippen LogP contribution in [0.15, 0.2) is 0 Å². The van der Waals surface area contributed by atoms with Crippen LogP contribution in [-0.2, 0) is 10.4 Å². The molecule has 0 fully saturated rings. The van der Waals surface area contributed by atoms with Gasteiger partial charge in [-0.3, -0.25) is 4.55 Å². The average molecular weight is 270 g/mol. The zero-order valence-electron chi connectivity index (χ0n) is 3.17. The maximum absolute atomic E-state index is 8.63. The number of hydrogen-bond acceptors (Lipinski definition) is 3. The summed E-state index contributed by atoms with van der Waals surface area (Å²) in [6.07, 6.45) is 0. The molecule has 0 saturated heterocycles. The van der Waals surface area contributed by atoms with Crippen LogP contribution in [0.2, 0.25) is 0 Å². The number of hydrogen-bond donors (Lipinski definition) is 1. The Morgan fingerprint density at radius 1 is 1.43 bits per heavy atom. The molecule has 0 bridgehead atoms. The van der Waals surface area contributed by atoms with E-state index in [1.807, 2.05) is 0 Å². The van der Waals surface area contributed by atoms with Crippen molar-refractivity contribution in [3.63, 3.8) is 0 Å². The summed E-state index contributed by atoms with van der Waals surface area (Å²) < 4.78 is 32.8. The van der Waals surface area contributed by atoms with Crippen LogP contribution in [-0.4, -0.2) is 66.4 Å². The van der Waals surface area contributed by atoms with Crippen molar-refractivity contribution >= 4 is 59.3 Å². The SMILES string of the molecule is O=S(=O)([O-])O.[Ba+2].[Cl-]. The van der Waals surface area contributed by atoms with Crippen LogP contribution < -0.4 is 12.4 Å². The predicted octanol–water partition coefficient (Wildman–Crippen LogP) is -4.37. The van der Waals surface area contributed by atoms with Gasteiger partial charge in [0, 0.05) is 0 Å². The molecule has 0 amide bonds. The van der Waals surface area contributed by atoms with Crippen molar-refractivity contribution in [2.45, 2.75) is 0 Å². The van der Waals surface area contributed by atoms with E-state index in [9.17, 15) is 0 Å². The van der Waals surface area contributed by atoms with Crippen molar-refractivity contribution in [3.8, 4) is 0 Å². The van der Waals surface area contributed by atoms with E-state index in [1.165, 1.54) is 0 Å². The molecule has 4 nitrogen and oxygen atoms in total. The molecule has 7 heteroatoms. The maximum atomic E-state index is 8.63. The molecular weight excluding hydrogens is 269 g/mol. The van der Waals surface area contributed by atoms with Crippen LogP contribution in [0.4, 0.5) is 0 Å². The molecule has 0 aliphatic rings. The van der Waals surface area contributed by atoms with Crippen LogP contribution in [0, 0.1) is 0 Å². The van der Waals surface area contributed by atoms with Crippen molar-refractivity contribution in [3.05, 3.63) is 0 Å². The van der Waals surface area contributed by atoms with E-state index in [4.69, 9.17) is 17.5 Å². The molecule has 0 aromatic rings. The van der Waals surface area contributed by atoms with Gasteiger partial charge in [-0.25, -0.2) is 8.42 Å². The molecule has 0 unspecified atom stereocenters. The first kappa shape index (κ1) is 15.9. The van der Waals surface area contributed by atoms with E-state index in [-0.39, 0.29) is 61.3 Å². The van der Waals surface area contributed by atoms with Gasteiger partial charge < -0.3 is 17.0 Å². The minimum Gasteiger partial charge on any atom is -1.00 e. The van der Waals surface area contributed by atoms with E-state index in [2.05, 4.69) is 0 Å². The van der Waals surface area contributed by atoms with Gasteiger partial charge in [0.25, 0.3) is 0 Å². The molecule has 0 radical (unpaired) electrons. The Kier molecular flexibility index (Phi) is 13.3. The third-order valence-corrected chi connectivity index (χ3v) is 0. The molecule has 0 saturated carbocycles. The second kappa shape index (κ2) is 5.86. The van der Waals surface area contributed by atoms with Crippen LogP contribution in [0.3, 0.4) is 0 Å². The predicted molar refractivity (Wildman–Crippen MR) is 18.1 cm³/mol. The fourth-order valence-electron chi connectivity index (χ4n) is 0. The summed E-state index contributed by atoms with van der Waals surface area (Å²) in [5.74, 6) is 0. The van der Waals surface area contributed by atoms with Crippen molar-refractivity contribution in [2.24, 2.45) is 0 Å². The Morgan fingerprint density at radius 3 is 1.43 bits per heavy atom. The quantitative estimate of drug-likeness (QED) is 0.274. The second-order valence-corrected chi connectivity index (χ2v) is 1.28. The van der Waals surface area contributed by atoms with Gasteiger partial charge in [-0.15, -0.1) is 0 Å². The van der Waals surface area contributed by atoms with E-state index in [0.29, 0.717) is 0 Å². The normalized spacial score (nSPS) is 8.29. The van der Waals surface area contributed by atoms with Gasteiger partial charge in [-0.2, -0.15) is 0 Å². The van der Waals surface area contributed by atoms with Gasteiger partial charge in [-0.1, -0.05) is 0 Å². The molecule has 0 aliphatic carbocycles. The van der Waals surface area contributed by atoms with Crippen molar-refractivity contribution < 1.29 is 29.9 Å². The van der Waals surface area contributed by atoms with E-state index >= 15 is 0 Å². The van der Waals surface area contributed by atoms with Crippen LogP contribution in [0.5, 0.6) is 0 Å². The van der Waals surface area contributed by atoms with Crippen LogP contribution >= 0.6 is 0 Å². The van der Waals surface area contributed by atoms with Gasteiger partial charge in [-0.05, 0) is 0 Å². The van der Waals surface area contributed by atoms with Crippen molar-refractivity contribution in [2.75, 3.05) is 0 Å². The van der Waals surface area contributed by atoms with Crippen molar-refractivity contribution in [1.82, 2.24) is 0 Å². The molecule has 0 aromatic heterocycles. The molecule has 0 heterocycles. The second-order valence-electron chi connectivity index (χ2n) is 0.428. The van der Waals surface area contributed by atoms with Crippen LogP contribution in [0.1, 0.15) is 0 Å². The first-order valence-electron chi connectivity index (χ1n) is 0.683. The molecule has 0 spiro atoms. The smallest absolute Gasteiger partial charge is 1.00 e. The number of rotatable bonds is 0. The fourth-order valence-corrected chi connectivity index (χ4v) is 0. The first-order valence-corrected chi connectivity index (χ1v) is 2.05. The van der Waals surface area contributed by atoms with E-state index in [0.717, 1.165) is 0 Å². The zero-order chi connectivity index (χ0) is 4.50. The minimum atomic E-state index is -4.92. The Morgan fingerprint density at radius 2 is 1.43 bits per heavy atom.